The lowest BCUT2D eigenvalue weighted by Crippen LogP contribution is -2.59. The van der Waals surface area contributed by atoms with Crippen molar-refractivity contribution in [3.05, 3.63) is 0 Å². The molecule has 0 aliphatic heterocycles. The van der Waals surface area contributed by atoms with E-state index in [0.717, 1.165) is 6.42 Å². The zero-order valence-electron chi connectivity index (χ0n) is 14.6. The summed E-state index contributed by atoms with van der Waals surface area (Å²) >= 11 is 0. The van der Waals surface area contributed by atoms with Crippen LogP contribution in [0.2, 0.25) is 0 Å². The lowest BCUT2D eigenvalue weighted by molar-refractivity contribution is 0.121. The summed E-state index contributed by atoms with van der Waals surface area (Å²) in [6.07, 6.45) is 1.01. The first-order valence-electron chi connectivity index (χ1n) is 7.16. The van der Waals surface area contributed by atoms with Gasteiger partial charge in [-0.25, -0.2) is 0 Å². The first-order valence-corrected chi connectivity index (χ1v) is 7.16. The second kappa shape index (κ2) is 6.53. The van der Waals surface area contributed by atoms with Crippen LogP contribution in [0.1, 0.15) is 68.7 Å². The van der Waals surface area contributed by atoms with Gasteiger partial charge in [0.1, 0.15) is 0 Å². The molecule has 0 atom stereocenters. The Labute approximate surface area is 120 Å². The van der Waals surface area contributed by atoms with E-state index in [9.17, 15) is 0 Å². The van der Waals surface area contributed by atoms with Gasteiger partial charge >= 0.3 is 0 Å². The van der Waals surface area contributed by atoms with Crippen molar-refractivity contribution in [2.75, 3.05) is 0 Å². The summed E-state index contributed by atoms with van der Waals surface area (Å²) in [5, 5.41) is 0. The molecule has 0 aromatic heterocycles. The van der Waals surface area contributed by atoms with E-state index in [4.69, 9.17) is 22.9 Å². The monoisotopic (exact) mass is 274 g/mol. The van der Waals surface area contributed by atoms with E-state index in [-0.39, 0.29) is 10.8 Å². The van der Waals surface area contributed by atoms with Crippen LogP contribution in [0.25, 0.3) is 0 Å². The standard InChI is InChI=1S/C8H20N2.C7H18N2/c1-6(2)7(3,4)8(5,9)10;1-5-6(2,3)7(4,8)9/h6H,9-10H2,1-5H3;5,8-9H2,1-4H3. The smallest absolute Gasteiger partial charge is 0.0662 e. The van der Waals surface area contributed by atoms with E-state index in [1.165, 1.54) is 0 Å². The van der Waals surface area contributed by atoms with Crippen molar-refractivity contribution in [2.45, 2.75) is 80.1 Å². The Morgan fingerprint density at radius 3 is 1.05 bits per heavy atom. The molecule has 0 fully saturated rings. The van der Waals surface area contributed by atoms with Crippen LogP contribution in [0.4, 0.5) is 0 Å². The highest BCUT2D eigenvalue weighted by atomic mass is 15.0. The molecule has 0 rings (SSSR count). The number of nitrogens with two attached hydrogens (primary N) is 4. The minimum Gasteiger partial charge on any atom is -0.313 e. The summed E-state index contributed by atoms with van der Waals surface area (Å²) in [7, 11) is 0. The van der Waals surface area contributed by atoms with Crippen molar-refractivity contribution >= 4 is 0 Å². The molecule has 0 aromatic carbocycles. The molecule has 0 aliphatic carbocycles. The van der Waals surface area contributed by atoms with Crippen molar-refractivity contribution in [3.63, 3.8) is 0 Å². The fourth-order valence-electron chi connectivity index (χ4n) is 1.00. The Balaban J connectivity index is 0. The highest BCUT2D eigenvalue weighted by molar-refractivity contribution is 4.90. The Kier molecular flexibility index (Phi) is 7.26. The van der Waals surface area contributed by atoms with Gasteiger partial charge in [-0.1, -0.05) is 48.5 Å². The second-order valence-electron chi connectivity index (χ2n) is 7.68. The van der Waals surface area contributed by atoms with Crippen molar-refractivity contribution in [1.82, 2.24) is 0 Å². The summed E-state index contributed by atoms with van der Waals surface area (Å²) < 4.78 is 0. The molecule has 0 heterocycles. The van der Waals surface area contributed by atoms with Gasteiger partial charge in [0.25, 0.3) is 0 Å². The maximum atomic E-state index is 5.79. The van der Waals surface area contributed by atoms with Crippen molar-refractivity contribution in [2.24, 2.45) is 39.7 Å². The van der Waals surface area contributed by atoms with Crippen LogP contribution >= 0.6 is 0 Å². The predicted octanol–water partition coefficient (Wildman–Crippen LogP) is 2.36. The van der Waals surface area contributed by atoms with Crippen LogP contribution < -0.4 is 22.9 Å². The van der Waals surface area contributed by atoms with Crippen LogP contribution in [-0.2, 0) is 0 Å². The van der Waals surface area contributed by atoms with Crippen molar-refractivity contribution in [1.29, 1.82) is 0 Å². The Morgan fingerprint density at radius 2 is 1.05 bits per heavy atom. The molecule has 0 radical (unpaired) electrons. The molecule has 19 heavy (non-hydrogen) atoms. The molecule has 0 amide bonds. The average Bonchev–Trinajstić information content (AvgIpc) is 2.14. The van der Waals surface area contributed by atoms with E-state index in [2.05, 4.69) is 48.5 Å². The van der Waals surface area contributed by atoms with Gasteiger partial charge < -0.3 is 22.9 Å². The normalized spacial score (nSPS) is 14.2. The molecule has 4 nitrogen and oxygen atoms in total. The minimum atomic E-state index is -0.582. The van der Waals surface area contributed by atoms with E-state index in [1.807, 2.05) is 13.8 Å². The molecule has 0 unspecified atom stereocenters. The highest BCUT2D eigenvalue weighted by Gasteiger charge is 2.36. The summed E-state index contributed by atoms with van der Waals surface area (Å²) in [5.41, 5.74) is 21.9. The maximum Gasteiger partial charge on any atom is 0.0662 e. The van der Waals surface area contributed by atoms with Gasteiger partial charge in [0.2, 0.25) is 0 Å². The Morgan fingerprint density at radius 1 is 0.737 bits per heavy atom. The van der Waals surface area contributed by atoms with Crippen LogP contribution in [-0.4, -0.2) is 11.3 Å². The Bertz CT molecular complexity index is 254. The van der Waals surface area contributed by atoms with Crippen molar-refractivity contribution in [3.8, 4) is 0 Å². The maximum absolute atomic E-state index is 5.79. The summed E-state index contributed by atoms with van der Waals surface area (Å²) in [5.74, 6) is 0.507. The lowest BCUT2D eigenvalue weighted by atomic mass is 9.72. The van der Waals surface area contributed by atoms with Gasteiger partial charge in [-0.15, -0.1) is 0 Å². The first kappa shape index (κ1) is 21.1. The summed E-state index contributed by atoms with van der Waals surface area (Å²) in [6.45, 7) is 18.4. The van der Waals surface area contributed by atoms with Gasteiger partial charge in [0, 0.05) is 0 Å². The van der Waals surface area contributed by atoms with Crippen molar-refractivity contribution < 1.29 is 0 Å². The molecule has 4 heteroatoms. The van der Waals surface area contributed by atoms with Crippen LogP contribution in [0.15, 0.2) is 0 Å². The minimum absolute atomic E-state index is 0.00694. The van der Waals surface area contributed by atoms with Gasteiger partial charge in [0.15, 0.2) is 0 Å². The molecule has 0 spiro atoms. The molecular weight excluding hydrogens is 236 g/mol. The summed E-state index contributed by atoms with van der Waals surface area (Å²) in [4.78, 5) is 0. The van der Waals surface area contributed by atoms with E-state index >= 15 is 0 Å². The number of rotatable bonds is 4. The zero-order chi connectivity index (χ0) is 16.3. The fraction of sp³-hybridized carbons (Fsp3) is 1.00. The molecule has 8 N–H and O–H groups in total. The predicted molar refractivity (Wildman–Crippen MR) is 86.3 cm³/mol. The van der Waals surface area contributed by atoms with Crippen LogP contribution in [0, 0.1) is 16.7 Å². The molecule has 0 bridgehead atoms. The Hall–Kier alpha value is -0.160. The first-order chi connectivity index (χ1) is 8.00. The van der Waals surface area contributed by atoms with Crippen LogP contribution in [0.3, 0.4) is 0 Å². The number of hydrogen-bond acceptors (Lipinski definition) is 4. The average molecular weight is 274 g/mol. The molecular formula is C15H38N4. The van der Waals surface area contributed by atoms with Gasteiger partial charge in [-0.2, -0.15) is 0 Å². The van der Waals surface area contributed by atoms with Gasteiger partial charge in [-0.3, -0.25) is 0 Å². The van der Waals surface area contributed by atoms with E-state index in [1.54, 1.807) is 0 Å². The summed E-state index contributed by atoms with van der Waals surface area (Å²) in [6, 6.07) is 0. The second-order valence-corrected chi connectivity index (χ2v) is 7.68. The van der Waals surface area contributed by atoms with E-state index in [0.29, 0.717) is 5.92 Å². The van der Waals surface area contributed by atoms with Gasteiger partial charge in [0.05, 0.1) is 11.3 Å². The SMILES string of the molecule is CC(C)C(C)(C)C(C)(N)N.CCC(C)(C)C(C)(N)N. The number of hydrogen-bond donors (Lipinski definition) is 4. The molecule has 0 aliphatic rings. The third-order valence-electron chi connectivity index (χ3n) is 5.17. The third kappa shape index (κ3) is 6.21. The molecule has 0 aromatic rings. The highest BCUT2D eigenvalue weighted by Crippen LogP contribution is 2.32. The van der Waals surface area contributed by atoms with E-state index < -0.39 is 11.3 Å². The topological polar surface area (TPSA) is 104 Å². The van der Waals surface area contributed by atoms with Gasteiger partial charge in [-0.05, 0) is 37.0 Å². The largest absolute Gasteiger partial charge is 0.313 e. The quantitative estimate of drug-likeness (QED) is 0.591. The molecule has 0 saturated heterocycles. The fourth-order valence-corrected chi connectivity index (χ4v) is 1.00. The molecule has 0 saturated carbocycles. The van der Waals surface area contributed by atoms with Crippen LogP contribution in [0.5, 0.6) is 0 Å². The lowest BCUT2D eigenvalue weighted by Gasteiger charge is -2.41. The third-order valence-corrected chi connectivity index (χ3v) is 5.17. The molecule has 118 valence electrons. The zero-order valence-corrected chi connectivity index (χ0v) is 14.6.